The average molecular weight is 437 g/mol. The number of hydrogen-bond donors (Lipinski definition) is 1. The first kappa shape index (κ1) is 23.0. The third-order valence-corrected chi connectivity index (χ3v) is 5.03. The molecule has 0 aliphatic heterocycles. The molecular formula is C24H27N3O5. The predicted octanol–water partition coefficient (Wildman–Crippen LogP) is 5.05. The van der Waals surface area contributed by atoms with E-state index in [2.05, 4.69) is 4.98 Å². The van der Waals surface area contributed by atoms with Gasteiger partial charge >= 0.3 is 18.0 Å². The minimum atomic E-state index is -1.39. The van der Waals surface area contributed by atoms with Crippen LogP contribution < -0.4 is 0 Å². The van der Waals surface area contributed by atoms with Crippen molar-refractivity contribution in [3.8, 4) is 0 Å². The number of aromatic nitrogens is 1. The number of fused-ring (bicyclic) bond motifs is 1. The Bertz CT molecular complexity index is 1040. The first-order chi connectivity index (χ1) is 15.4. The Morgan fingerprint density at radius 1 is 0.969 bits per heavy atom. The summed E-state index contributed by atoms with van der Waals surface area (Å²) in [5.74, 6) is -0.799. The largest absolute Gasteiger partial charge is 0.465 e. The fourth-order valence-corrected chi connectivity index (χ4v) is 3.26. The highest BCUT2D eigenvalue weighted by Crippen LogP contribution is 2.18. The van der Waals surface area contributed by atoms with Crippen LogP contribution >= 0.6 is 0 Å². The topological polar surface area (TPSA) is 104 Å². The maximum Gasteiger partial charge on any atom is 0.415 e. The molecule has 0 unspecified atom stereocenters. The van der Waals surface area contributed by atoms with Crippen molar-refractivity contribution in [2.45, 2.75) is 33.1 Å². The number of aryl methyl sites for hydroxylation is 1. The maximum atomic E-state index is 13.2. The summed E-state index contributed by atoms with van der Waals surface area (Å²) in [5.41, 5.74) is 1.97. The van der Waals surface area contributed by atoms with Crippen LogP contribution in [0, 0.1) is 5.92 Å². The number of oxazole rings is 1. The van der Waals surface area contributed by atoms with Crippen LogP contribution in [-0.2, 0) is 6.42 Å². The molecule has 1 N–H and O–H groups in total. The van der Waals surface area contributed by atoms with Crippen molar-refractivity contribution in [1.29, 1.82) is 0 Å². The Labute approximate surface area is 186 Å². The summed E-state index contributed by atoms with van der Waals surface area (Å²) < 4.78 is 5.54. The summed E-state index contributed by atoms with van der Waals surface area (Å²) in [7, 11) is 0. The van der Waals surface area contributed by atoms with Gasteiger partial charge in [0.2, 0.25) is 0 Å². The lowest BCUT2D eigenvalue weighted by atomic mass is 10.1. The van der Waals surface area contributed by atoms with E-state index < -0.39 is 18.0 Å². The Balaban J connectivity index is 1.83. The van der Waals surface area contributed by atoms with Gasteiger partial charge in [-0.25, -0.2) is 19.5 Å². The van der Waals surface area contributed by atoms with Crippen LogP contribution in [0.15, 0.2) is 59.0 Å². The van der Waals surface area contributed by atoms with Gasteiger partial charge in [0.1, 0.15) is 5.52 Å². The highest BCUT2D eigenvalue weighted by Gasteiger charge is 2.33. The van der Waals surface area contributed by atoms with E-state index in [9.17, 15) is 19.5 Å². The number of nitrogens with zero attached hydrogens (tertiary/aromatic N) is 3. The van der Waals surface area contributed by atoms with Crippen LogP contribution in [-0.4, -0.2) is 51.0 Å². The molecule has 4 amide bonds. The number of hydrogen-bond acceptors (Lipinski definition) is 5. The van der Waals surface area contributed by atoms with Crippen LogP contribution in [0.3, 0.4) is 0 Å². The number of benzene rings is 2. The SMILES string of the molecule is CC(C)CCN(C(=O)O)C(=O)N(CCCc1ccccc1)C(=O)c1nc2ccccc2o1. The summed E-state index contributed by atoms with van der Waals surface area (Å²) in [6.45, 7) is 3.91. The zero-order valence-corrected chi connectivity index (χ0v) is 18.2. The average Bonchev–Trinajstić information content (AvgIpc) is 3.21. The third-order valence-electron chi connectivity index (χ3n) is 5.03. The van der Waals surface area contributed by atoms with Gasteiger partial charge in [-0.2, -0.15) is 0 Å². The summed E-state index contributed by atoms with van der Waals surface area (Å²) in [6.07, 6.45) is 0.200. The van der Waals surface area contributed by atoms with Crippen molar-refractivity contribution in [3.63, 3.8) is 0 Å². The van der Waals surface area contributed by atoms with E-state index >= 15 is 0 Å². The van der Waals surface area contributed by atoms with Gasteiger partial charge in [-0.3, -0.25) is 9.69 Å². The molecular weight excluding hydrogens is 410 g/mol. The van der Waals surface area contributed by atoms with E-state index in [1.165, 1.54) is 0 Å². The molecule has 0 radical (unpaired) electrons. The van der Waals surface area contributed by atoms with Gasteiger partial charge in [-0.05, 0) is 42.9 Å². The van der Waals surface area contributed by atoms with E-state index in [1.54, 1.807) is 24.3 Å². The molecule has 0 fully saturated rings. The molecule has 8 nitrogen and oxygen atoms in total. The second-order valence-corrected chi connectivity index (χ2v) is 7.93. The molecule has 0 aliphatic rings. The van der Waals surface area contributed by atoms with Gasteiger partial charge in [0.25, 0.3) is 5.89 Å². The maximum absolute atomic E-state index is 13.2. The van der Waals surface area contributed by atoms with Crippen LogP contribution in [0.5, 0.6) is 0 Å². The zero-order chi connectivity index (χ0) is 23.1. The normalized spacial score (nSPS) is 11.0. The van der Waals surface area contributed by atoms with Gasteiger partial charge < -0.3 is 9.52 Å². The highest BCUT2D eigenvalue weighted by atomic mass is 16.4. The van der Waals surface area contributed by atoms with Crippen LogP contribution in [0.4, 0.5) is 9.59 Å². The number of carbonyl (C=O) groups excluding carboxylic acids is 2. The second kappa shape index (κ2) is 10.6. The summed E-state index contributed by atoms with van der Waals surface area (Å²) >= 11 is 0. The summed E-state index contributed by atoms with van der Waals surface area (Å²) in [6, 6.07) is 15.7. The number of rotatable bonds is 8. The molecule has 3 aromatic rings. The lowest BCUT2D eigenvalue weighted by molar-refractivity contribution is 0.0717. The number of amides is 4. The standard InChI is InChI=1S/C24H27N3O5/c1-17(2)14-16-27(24(30)31)23(29)26(15-8-11-18-9-4-3-5-10-18)22(28)21-25-19-12-6-7-13-20(19)32-21/h3-7,9-10,12-13,17H,8,11,14-16H2,1-2H3,(H,30,31). The molecule has 2 aromatic carbocycles. The van der Waals surface area contributed by atoms with Crippen molar-refractivity contribution < 1.29 is 23.9 Å². The molecule has 1 aromatic heterocycles. The molecule has 8 heteroatoms. The van der Waals surface area contributed by atoms with Crippen LogP contribution in [0.2, 0.25) is 0 Å². The number of urea groups is 1. The molecule has 0 aliphatic carbocycles. The fourth-order valence-electron chi connectivity index (χ4n) is 3.26. The van der Waals surface area contributed by atoms with Gasteiger partial charge in [-0.1, -0.05) is 56.3 Å². The molecule has 1 heterocycles. The minimum Gasteiger partial charge on any atom is -0.465 e. The number of imide groups is 2. The van der Waals surface area contributed by atoms with E-state index in [-0.39, 0.29) is 24.9 Å². The Kier molecular flexibility index (Phi) is 7.59. The molecule has 168 valence electrons. The van der Waals surface area contributed by atoms with Crippen molar-refractivity contribution in [2.24, 2.45) is 5.92 Å². The number of carboxylic acid groups (broad SMARTS) is 1. The third kappa shape index (κ3) is 5.72. The first-order valence-electron chi connectivity index (χ1n) is 10.6. The summed E-state index contributed by atoms with van der Waals surface area (Å²) in [5, 5.41) is 9.60. The predicted molar refractivity (Wildman–Crippen MR) is 119 cm³/mol. The number of para-hydroxylation sites is 2. The minimum absolute atomic E-state index is 0.00184. The Hall–Kier alpha value is -3.68. The Morgan fingerprint density at radius 3 is 2.31 bits per heavy atom. The van der Waals surface area contributed by atoms with Gasteiger partial charge in [-0.15, -0.1) is 0 Å². The monoisotopic (exact) mass is 437 g/mol. The van der Waals surface area contributed by atoms with Crippen LogP contribution in [0.1, 0.15) is 42.9 Å². The van der Waals surface area contributed by atoms with E-state index in [4.69, 9.17) is 4.42 Å². The van der Waals surface area contributed by atoms with Crippen molar-refractivity contribution in [2.75, 3.05) is 13.1 Å². The van der Waals surface area contributed by atoms with Crippen molar-refractivity contribution >= 4 is 29.1 Å². The van der Waals surface area contributed by atoms with Gasteiger partial charge in [0.15, 0.2) is 5.58 Å². The molecule has 3 rings (SSSR count). The fraction of sp³-hybridized carbons (Fsp3) is 0.333. The van der Waals surface area contributed by atoms with Crippen molar-refractivity contribution in [1.82, 2.24) is 14.8 Å². The zero-order valence-electron chi connectivity index (χ0n) is 18.2. The quantitative estimate of drug-likeness (QED) is 0.529. The van der Waals surface area contributed by atoms with Crippen molar-refractivity contribution in [3.05, 3.63) is 66.1 Å². The summed E-state index contributed by atoms with van der Waals surface area (Å²) in [4.78, 5) is 43.9. The number of carbonyl (C=O) groups is 3. The molecule has 0 saturated heterocycles. The Morgan fingerprint density at radius 2 is 1.66 bits per heavy atom. The highest BCUT2D eigenvalue weighted by molar-refractivity contribution is 6.05. The first-order valence-corrected chi connectivity index (χ1v) is 10.6. The van der Waals surface area contributed by atoms with Gasteiger partial charge in [0, 0.05) is 13.1 Å². The lowest BCUT2D eigenvalue weighted by Crippen LogP contribution is -2.49. The molecule has 0 bridgehead atoms. The molecule has 32 heavy (non-hydrogen) atoms. The van der Waals surface area contributed by atoms with E-state index in [0.717, 1.165) is 10.5 Å². The van der Waals surface area contributed by atoms with E-state index in [0.29, 0.717) is 35.3 Å². The van der Waals surface area contributed by atoms with E-state index in [1.807, 2.05) is 44.2 Å². The second-order valence-electron chi connectivity index (χ2n) is 7.93. The van der Waals surface area contributed by atoms with Crippen LogP contribution in [0.25, 0.3) is 11.1 Å². The van der Waals surface area contributed by atoms with Gasteiger partial charge in [0.05, 0.1) is 0 Å². The molecule has 0 spiro atoms. The smallest absolute Gasteiger partial charge is 0.415 e. The molecule has 0 atom stereocenters. The molecule has 0 saturated carbocycles. The lowest BCUT2D eigenvalue weighted by Gasteiger charge is -2.26.